The standard InChI is InChI=1S/C25H25FN6O2/c1-14-10-21(30-25(28-14)31-11-15-6-7-16(12-31)29-15)32-13-18-17(24(32)33)8-9-27-23(18)22-19(26)4-3-5-20(22)34-2/h3-5,8-10,15-16,29H,6-7,11-13H2,1-2H3. The number of carbonyl (C=O) groups excluding carboxylic acids is 1. The van der Waals surface area contributed by atoms with Gasteiger partial charge in [-0.05, 0) is 38.0 Å². The lowest BCUT2D eigenvalue weighted by molar-refractivity contribution is 0.0996. The molecular weight excluding hydrogens is 435 g/mol. The minimum Gasteiger partial charge on any atom is -0.496 e. The number of carbonyl (C=O) groups is 1. The Kier molecular flexibility index (Phi) is 4.95. The van der Waals surface area contributed by atoms with Gasteiger partial charge in [-0.2, -0.15) is 4.98 Å². The maximum Gasteiger partial charge on any atom is 0.260 e. The minimum atomic E-state index is -0.445. The summed E-state index contributed by atoms with van der Waals surface area (Å²) in [6.07, 6.45) is 3.86. The summed E-state index contributed by atoms with van der Waals surface area (Å²) in [5, 5.41) is 3.62. The number of pyridine rings is 1. The maximum atomic E-state index is 14.8. The van der Waals surface area contributed by atoms with E-state index in [4.69, 9.17) is 9.72 Å². The number of aromatic nitrogens is 3. The number of benzene rings is 1. The topological polar surface area (TPSA) is 83.5 Å². The van der Waals surface area contributed by atoms with E-state index < -0.39 is 5.82 Å². The number of amides is 1. The third-order valence-electron chi connectivity index (χ3n) is 6.88. The molecule has 0 radical (unpaired) electrons. The summed E-state index contributed by atoms with van der Waals surface area (Å²) in [6, 6.07) is 9.05. The van der Waals surface area contributed by atoms with Gasteiger partial charge in [0.2, 0.25) is 5.95 Å². The van der Waals surface area contributed by atoms with Crippen LogP contribution >= 0.6 is 0 Å². The third-order valence-corrected chi connectivity index (χ3v) is 6.88. The molecule has 2 unspecified atom stereocenters. The molecule has 174 valence electrons. The van der Waals surface area contributed by atoms with Crippen LogP contribution in [0.15, 0.2) is 36.5 Å². The average molecular weight is 461 g/mol. The number of piperazine rings is 1. The second-order valence-electron chi connectivity index (χ2n) is 9.10. The van der Waals surface area contributed by atoms with Crippen molar-refractivity contribution in [2.24, 2.45) is 0 Å². The zero-order valence-electron chi connectivity index (χ0n) is 19.1. The molecule has 3 aliphatic rings. The normalized spacial score (nSPS) is 21.2. The number of nitrogens with one attached hydrogen (secondary N) is 1. The first-order chi connectivity index (χ1) is 16.5. The van der Waals surface area contributed by atoms with Crippen LogP contribution in [-0.4, -0.2) is 53.1 Å². The van der Waals surface area contributed by atoms with Gasteiger partial charge >= 0.3 is 0 Å². The largest absolute Gasteiger partial charge is 0.496 e. The summed E-state index contributed by atoms with van der Waals surface area (Å²) in [4.78, 5) is 31.2. The zero-order chi connectivity index (χ0) is 23.4. The molecule has 9 heteroatoms. The van der Waals surface area contributed by atoms with E-state index in [0.717, 1.165) is 31.6 Å². The van der Waals surface area contributed by atoms with Crippen LogP contribution in [0.1, 0.15) is 34.5 Å². The summed E-state index contributed by atoms with van der Waals surface area (Å²) in [6.45, 7) is 3.87. The number of halogens is 1. The van der Waals surface area contributed by atoms with E-state index in [1.165, 1.54) is 19.4 Å². The minimum absolute atomic E-state index is 0.182. The number of ether oxygens (including phenoxy) is 1. The number of aryl methyl sites for hydroxylation is 1. The second kappa shape index (κ2) is 8.02. The van der Waals surface area contributed by atoms with Crippen LogP contribution in [0, 0.1) is 12.7 Å². The molecule has 2 bridgehead atoms. The van der Waals surface area contributed by atoms with Gasteiger partial charge in [0.25, 0.3) is 5.91 Å². The van der Waals surface area contributed by atoms with Crippen molar-refractivity contribution in [2.45, 2.75) is 38.4 Å². The molecule has 1 amide bonds. The van der Waals surface area contributed by atoms with E-state index in [2.05, 4.69) is 20.2 Å². The van der Waals surface area contributed by atoms with Gasteiger partial charge in [0.05, 0.1) is 24.9 Å². The Labute approximate surface area is 196 Å². The molecule has 5 heterocycles. The van der Waals surface area contributed by atoms with Crippen molar-refractivity contribution < 1.29 is 13.9 Å². The maximum absolute atomic E-state index is 14.8. The van der Waals surface area contributed by atoms with E-state index in [-0.39, 0.29) is 18.0 Å². The lowest BCUT2D eigenvalue weighted by atomic mass is 10.0. The first kappa shape index (κ1) is 21.0. The fraction of sp³-hybridized carbons (Fsp3) is 0.360. The Hall–Kier alpha value is -3.59. The van der Waals surface area contributed by atoms with E-state index in [0.29, 0.717) is 46.4 Å². The SMILES string of the molecule is COc1cccc(F)c1-c1nccc2c1CN(c1cc(C)nc(N3CC4CCC(C3)N4)n1)C2=O. The first-order valence-corrected chi connectivity index (χ1v) is 11.5. The lowest BCUT2D eigenvalue weighted by Crippen LogP contribution is -2.51. The van der Waals surface area contributed by atoms with Crippen LogP contribution in [-0.2, 0) is 6.54 Å². The molecule has 34 heavy (non-hydrogen) atoms. The van der Waals surface area contributed by atoms with Gasteiger partial charge in [-0.1, -0.05) is 6.07 Å². The smallest absolute Gasteiger partial charge is 0.260 e. The molecule has 3 aliphatic heterocycles. The summed E-state index contributed by atoms with van der Waals surface area (Å²) in [5.41, 5.74) is 2.62. The van der Waals surface area contributed by atoms with E-state index in [9.17, 15) is 9.18 Å². The van der Waals surface area contributed by atoms with Crippen LogP contribution in [0.5, 0.6) is 5.75 Å². The summed E-state index contributed by atoms with van der Waals surface area (Å²) in [7, 11) is 1.49. The number of hydrogen-bond acceptors (Lipinski definition) is 7. The number of rotatable bonds is 4. The predicted octanol–water partition coefficient (Wildman–Crippen LogP) is 3.10. The Morgan fingerprint density at radius 3 is 2.71 bits per heavy atom. The van der Waals surface area contributed by atoms with Crippen molar-refractivity contribution in [1.29, 1.82) is 0 Å². The van der Waals surface area contributed by atoms with E-state index >= 15 is 0 Å². The molecule has 2 fully saturated rings. The quantitative estimate of drug-likeness (QED) is 0.641. The Morgan fingerprint density at radius 2 is 1.94 bits per heavy atom. The van der Waals surface area contributed by atoms with Gasteiger partial charge in [-0.25, -0.2) is 9.37 Å². The molecule has 1 N–H and O–H groups in total. The highest BCUT2D eigenvalue weighted by Crippen LogP contribution is 2.38. The molecule has 2 atom stereocenters. The molecule has 1 aromatic carbocycles. The van der Waals surface area contributed by atoms with Crippen molar-refractivity contribution in [2.75, 3.05) is 30.0 Å². The van der Waals surface area contributed by atoms with E-state index in [1.54, 1.807) is 23.1 Å². The van der Waals surface area contributed by atoms with Crippen LogP contribution in [0.3, 0.4) is 0 Å². The Bertz CT molecular complexity index is 1290. The first-order valence-electron chi connectivity index (χ1n) is 11.5. The molecule has 3 aromatic rings. The number of fused-ring (bicyclic) bond motifs is 3. The van der Waals surface area contributed by atoms with Gasteiger partial charge in [0.1, 0.15) is 17.4 Å². The fourth-order valence-corrected chi connectivity index (χ4v) is 5.31. The molecule has 6 rings (SSSR count). The van der Waals surface area contributed by atoms with Gasteiger partial charge in [-0.15, -0.1) is 0 Å². The Balaban J connectivity index is 1.37. The molecule has 0 saturated carbocycles. The number of nitrogens with zero attached hydrogens (tertiary/aromatic N) is 5. The highest BCUT2D eigenvalue weighted by atomic mass is 19.1. The van der Waals surface area contributed by atoms with Gasteiger partial charge in [0, 0.05) is 54.3 Å². The van der Waals surface area contributed by atoms with Crippen molar-refractivity contribution in [3.8, 4) is 17.0 Å². The van der Waals surface area contributed by atoms with Gasteiger partial charge < -0.3 is 15.0 Å². The molecule has 0 spiro atoms. The summed E-state index contributed by atoms with van der Waals surface area (Å²) in [5.74, 6) is 0.936. The second-order valence-corrected chi connectivity index (χ2v) is 9.10. The lowest BCUT2D eigenvalue weighted by Gasteiger charge is -2.33. The van der Waals surface area contributed by atoms with Crippen LogP contribution in [0.25, 0.3) is 11.3 Å². The number of hydrogen-bond donors (Lipinski definition) is 1. The van der Waals surface area contributed by atoms with Crippen LogP contribution < -0.4 is 19.9 Å². The molecular formula is C25H25FN6O2. The van der Waals surface area contributed by atoms with Crippen LogP contribution in [0.2, 0.25) is 0 Å². The zero-order valence-corrected chi connectivity index (χ0v) is 19.1. The van der Waals surface area contributed by atoms with Crippen molar-refractivity contribution in [3.63, 3.8) is 0 Å². The number of anilines is 2. The Morgan fingerprint density at radius 1 is 1.15 bits per heavy atom. The third kappa shape index (κ3) is 3.38. The van der Waals surface area contributed by atoms with Crippen LogP contribution in [0.4, 0.5) is 16.2 Å². The monoisotopic (exact) mass is 460 g/mol. The van der Waals surface area contributed by atoms with Crippen molar-refractivity contribution in [1.82, 2.24) is 20.3 Å². The van der Waals surface area contributed by atoms with Gasteiger partial charge in [-0.3, -0.25) is 14.7 Å². The summed E-state index contributed by atoms with van der Waals surface area (Å²) >= 11 is 0. The number of methoxy groups -OCH3 is 1. The summed E-state index contributed by atoms with van der Waals surface area (Å²) < 4.78 is 20.2. The highest BCUT2D eigenvalue weighted by Gasteiger charge is 2.36. The van der Waals surface area contributed by atoms with Crippen molar-refractivity contribution >= 4 is 17.7 Å². The van der Waals surface area contributed by atoms with E-state index in [1.807, 2.05) is 13.0 Å². The molecule has 0 aliphatic carbocycles. The fourth-order valence-electron chi connectivity index (χ4n) is 5.31. The van der Waals surface area contributed by atoms with Gasteiger partial charge in [0.15, 0.2) is 0 Å². The molecule has 2 saturated heterocycles. The predicted molar refractivity (Wildman–Crippen MR) is 126 cm³/mol. The van der Waals surface area contributed by atoms with Crippen molar-refractivity contribution in [3.05, 3.63) is 59.2 Å². The highest BCUT2D eigenvalue weighted by molar-refractivity contribution is 6.10. The molecule has 8 nitrogen and oxygen atoms in total. The molecule has 2 aromatic heterocycles. The average Bonchev–Trinajstić information content (AvgIpc) is 3.36.